The molecule has 3 nitrogen and oxygen atoms in total. The molecular weight excluding hydrogens is 222 g/mol. The van der Waals surface area contributed by atoms with Crippen molar-refractivity contribution in [2.24, 2.45) is 0 Å². The number of aryl methyl sites for hydroxylation is 3. The van der Waals surface area contributed by atoms with E-state index in [2.05, 4.69) is 47.3 Å². The Kier molecular flexibility index (Phi) is 3.72. The van der Waals surface area contributed by atoms with E-state index in [1.54, 1.807) is 0 Å². The molecule has 0 saturated carbocycles. The molecule has 0 saturated heterocycles. The van der Waals surface area contributed by atoms with E-state index >= 15 is 0 Å². The maximum absolute atomic E-state index is 4.42. The monoisotopic (exact) mass is 241 g/mol. The van der Waals surface area contributed by atoms with Gasteiger partial charge in [0.05, 0.1) is 6.04 Å². The van der Waals surface area contributed by atoms with Crippen LogP contribution in [-0.4, -0.2) is 17.0 Å². The average molecular weight is 241 g/mol. The Morgan fingerprint density at radius 3 is 2.28 bits per heavy atom. The van der Waals surface area contributed by atoms with Crippen LogP contribution in [0.15, 0.2) is 30.6 Å². The van der Waals surface area contributed by atoms with Crippen LogP contribution in [0.5, 0.6) is 0 Å². The predicted molar refractivity (Wildman–Crippen MR) is 73.6 cm³/mol. The summed E-state index contributed by atoms with van der Waals surface area (Å²) < 4.78 is 0. The predicted octanol–water partition coefficient (Wildman–Crippen LogP) is 2.71. The molecule has 94 valence electrons. The molecule has 3 heteroatoms. The second kappa shape index (κ2) is 5.27. The van der Waals surface area contributed by atoms with Crippen LogP contribution < -0.4 is 5.32 Å². The zero-order chi connectivity index (χ0) is 13.1. The van der Waals surface area contributed by atoms with Crippen LogP contribution in [-0.2, 0) is 0 Å². The minimum Gasteiger partial charge on any atom is -0.307 e. The van der Waals surface area contributed by atoms with Gasteiger partial charge in [0.1, 0.15) is 5.82 Å². The van der Waals surface area contributed by atoms with E-state index in [0.717, 1.165) is 11.4 Å². The van der Waals surface area contributed by atoms with Crippen molar-refractivity contribution in [2.75, 3.05) is 7.05 Å². The zero-order valence-electron chi connectivity index (χ0n) is 11.4. The number of rotatable bonds is 3. The molecule has 0 aliphatic carbocycles. The highest BCUT2D eigenvalue weighted by Crippen LogP contribution is 2.23. The Morgan fingerprint density at radius 2 is 1.67 bits per heavy atom. The van der Waals surface area contributed by atoms with Crippen LogP contribution in [0.25, 0.3) is 0 Å². The van der Waals surface area contributed by atoms with Crippen molar-refractivity contribution in [2.45, 2.75) is 26.8 Å². The summed E-state index contributed by atoms with van der Waals surface area (Å²) in [6, 6.07) is 6.51. The Balaban J connectivity index is 2.44. The Morgan fingerprint density at radius 1 is 1.00 bits per heavy atom. The van der Waals surface area contributed by atoms with Gasteiger partial charge in [0.2, 0.25) is 0 Å². The van der Waals surface area contributed by atoms with Crippen molar-refractivity contribution in [1.82, 2.24) is 15.3 Å². The number of hydrogen-bond donors (Lipinski definition) is 1. The number of hydrogen-bond acceptors (Lipinski definition) is 3. The van der Waals surface area contributed by atoms with Gasteiger partial charge < -0.3 is 5.32 Å². The summed E-state index contributed by atoms with van der Waals surface area (Å²) >= 11 is 0. The van der Waals surface area contributed by atoms with E-state index in [1.807, 2.05) is 26.4 Å². The molecule has 0 aliphatic heterocycles. The van der Waals surface area contributed by atoms with E-state index in [-0.39, 0.29) is 6.04 Å². The fourth-order valence-corrected chi connectivity index (χ4v) is 2.05. The van der Waals surface area contributed by atoms with Crippen molar-refractivity contribution >= 4 is 0 Å². The SMILES string of the molecule is CNC(c1ncc(C)cn1)c1cc(C)ccc1C. The molecule has 1 aromatic carbocycles. The van der Waals surface area contributed by atoms with Crippen LogP contribution in [0.1, 0.15) is 34.1 Å². The lowest BCUT2D eigenvalue weighted by atomic mass is 9.98. The molecule has 1 aromatic heterocycles. The third-order valence-electron chi connectivity index (χ3n) is 3.09. The highest BCUT2D eigenvalue weighted by Gasteiger charge is 2.16. The second-order valence-corrected chi connectivity index (χ2v) is 4.70. The zero-order valence-corrected chi connectivity index (χ0v) is 11.4. The highest BCUT2D eigenvalue weighted by molar-refractivity contribution is 5.36. The van der Waals surface area contributed by atoms with E-state index in [9.17, 15) is 0 Å². The van der Waals surface area contributed by atoms with Crippen LogP contribution in [0.2, 0.25) is 0 Å². The fraction of sp³-hybridized carbons (Fsp3) is 0.333. The number of aromatic nitrogens is 2. The van der Waals surface area contributed by atoms with Crippen molar-refractivity contribution in [1.29, 1.82) is 0 Å². The van der Waals surface area contributed by atoms with E-state index in [4.69, 9.17) is 0 Å². The van der Waals surface area contributed by atoms with Gasteiger partial charge in [-0.15, -0.1) is 0 Å². The van der Waals surface area contributed by atoms with Gasteiger partial charge >= 0.3 is 0 Å². The molecule has 2 aromatic rings. The molecule has 1 unspecified atom stereocenters. The van der Waals surface area contributed by atoms with Gasteiger partial charge in [-0.05, 0) is 44.5 Å². The van der Waals surface area contributed by atoms with E-state index in [0.29, 0.717) is 0 Å². The third kappa shape index (κ3) is 2.57. The van der Waals surface area contributed by atoms with Crippen LogP contribution in [0.3, 0.4) is 0 Å². The van der Waals surface area contributed by atoms with Gasteiger partial charge in [-0.1, -0.05) is 23.8 Å². The fourth-order valence-electron chi connectivity index (χ4n) is 2.05. The van der Waals surface area contributed by atoms with Crippen LogP contribution >= 0.6 is 0 Å². The Labute approximate surface area is 108 Å². The molecule has 0 aliphatic rings. The first-order chi connectivity index (χ1) is 8.61. The molecule has 0 spiro atoms. The molecule has 0 bridgehead atoms. The van der Waals surface area contributed by atoms with E-state index < -0.39 is 0 Å². The molecule has 2 rings (SSSR count). The summed E-state index contributed by atoms with van der Waals surface area (Å²) in [5, 5.41) is 3.30. The van der Waals surface area contributed by atoms with Gasteiger partial charge in [-0.3, -0.25) is 0 Å². The van der Waals surface area contributed by atoms with Gasteiger partial charge in [0.15, 0.2) is 0 Å². The average Bonchev–Trinajstić information content (AvgIpc) is 2.37. The molecule has 1 N–H and O–H groups in total. The topological polar surface area (TPSA) is 37.8 Å². The van der Waals surface area contributed by atoms with Gasteiger partial charge in [0.25, 0.3) is 0 Å². The number of nitrogens with zero attached hydrogens (tertiary/aromatic N) is 2. The van der Waals surface area contributed by atoms with Crippen molar-refractivity contribution < 1.29 is 0 Å². The Bertz CT molecular complexity index is 532. The molecule has 0 fully saturated rings. The third-order valence-corrected chi connectivity index (χ3v) is 3.09. The largest absolute Gasteiger partial charge is 0.307 e. The van der Waals surface area contributed by atoms with E-state index in [1.165, 1.54) is 16.7 Å². The minimum atomic E-state index is 0.0468. The van der Waals surface area contributed by atoms with Crippen LogP contribution in [0.4, 0.5) is 0 Å². The first-order valence-corrected chi connectivity index (χ1v) is 6.15. The first kappa shape index (κ1) is 12.7. The van der Waals surface area contributed by atoms with Gasteiger partial charge in [-0.2, -0.15) is 0 Å². The van der Waals surface area contributed by atoms with Crippen molar-refractivity contribution in [3.8, 4) is 0 Å². The molecular formula is C15H19N3. The van der Waals surface area contributed by atoms with Gasteiger partial charge in [0, 0.05) is 12.4 Å². The summed E-state index contributed by atoms with van der Waals surface area (Å²) in [7, 11) is 1.94. The summed E-state index contributed by atoms with van der Waals surface area (Å²) in [6.45, 7) is 6.22. The summed E-state index contributed by atoms with van der Waals surface area (Å²) in [4.78, 5) is 8.85. The number of benzene rings is 1. The lowest BCUT2D eigenvalue weighted by Crippen LogP contribution is -2.21. The summed E-state index contributed by atoms with van der Waals surface area (Å²) in [6.07, 6.45) is 3.72. The summed E-state index contributed by atoms with van der Waals surface area (Å²) in [5.74, 6) is 0.816. The molecule has 0 amide bonds. The lowest BCUT2D eigenvalue weighted by Gasteiger charge is -2.18. The Hall–Kier alpha value is -1.74. The maximum atomic E-state index is 4.42. The highest BCUT2D eigenvalue weighted by atomic mass is 15.0. The normalized spacial score (nSPS) is 12.4. The molecule has 1 heterocycles. The minimum absolute atomic E-state index is 0.0468. The molecule has 18 heavy (non-hydrogen) atoms. The smallest absolute Gasteiger partial charge is 0.149 e. The summed E-state index contributed by atoms with van der Waals surface area (Å²) in [5.41, 5.74) is 4.82. The maximum Gasteiger partial charge on any atom is 0.149 e. The standard InChI is InChI=1S/C15H19N3/c1-10-5-6-12(3)13(7-10)14(16-4)15-17-8-11(2)9-18-15/h5-9,14,16H,1-4H3. The lowest BCUT2D eigenvalue weighted by molar-refractivity contribution is 0.641. The van der Waals surface area contributed by atoms with Crippen LogP contribution in [0, 0.1) is 20.8 Å². The van der Waals surface area contributed by atoms with Crippen molar-refractivity contribution in [3.05, 3.63) is 58.7 Å². The number of nitrogens with one attached hydrogen (secondary N) is 1. The first-order valence-electron chi connectivity index (χ1n) is 6.15. The molecule has 0 radical (unpaired) electrons. The quantitative estimate of drug-likeness (QED) is 0.897. The second-order valence-electron chi connectivity index (χ2n) is 4.70. The van der Waals surface area contributed by atoms with Gasteiger partial charge in [-0.25, -0.2) is 9.97 Å². The molecule has 1 atom stereocenters. The van der Waals surface area contributed by atoms with Crippen molar-refractivity contribution in [3.63, 3.8) is 0 Å².